The summed E-state index contributed by atoms with van der Waals surface area (Å²) in [4.78, 5) is 24.9. The van der Waals surface area contributed by atoms with Crippen molar-refractivity contribution < 1.29 is 24.5 Å². The fraction of sp³-hybridized carbons (Fsp3) is 0.111. The van der Waals surface area contributed by atoms with E-state index < -0.39 is 11.8 Å². The first kappa shape index (κ1) is 15.6. The van der Waals surface area contributed by atoms with Crippen LogP contribution in [-0.2, 0) is 4.74 Å². The normalized spacial score (nSPS) is 10.7. The Labute approximate surface area is 137 Å². The van der Waals surface area contributed by atoms with Crippen LogP contribution in [0.2, 0.25) is 0 Å². The van der Waals surface area contributed by atoms with Crippen molar-refractivity contribution >= 4 is 17.3 Å². The minimum atomic E-state index is -0.518. The summed E-state index contributed by atoms with van der Waals surface area (Å²) in [7, 11) is 0. The van der Waals surface area contributed by atoms with Crippen LogP contribution in [0.5, 0.6) is 11.5 Å². The maximum atomic E-state index is 12.8. The molecular formula is C18H15NO5. The van der Waals surface area contributed by atoms with Crippen molar-refractivity contribution in [3.8, 4) is 11.5 Å². The average Bonchev–Trinajstić information content (AvgIpc) is 2.94. The fourth-order valence-corrected chi connectivity index (χ4v) is 2.55. The van der Waals surface area contributed by atoms with Gasteiger partial charge < -0.3 is 19.4 Å². The molecule has 0 atom stereocenters. The highest BCUT2D eigenvalue weighted by Gasteiger charge is 2.22. The fourth-order valence-electron chi connectivity index (χ4n) is 2.55. The maximum absolute atomic E-state index is 12.8. The molecule has 6 nitrogen and oxygen atoms in total. The number of aromatic nitrogens is 1. The van der Waals surface area contributed by atoms with Gasteiger partial charge in [0.25, 0.3) is 0 Å². The van der Waals surface area contributed by atoms with Gasteiger partial charge in [-0.05, 0) is 37.3 Å². The van der Waals surface area contributed by atoms with Gasteiger partial charge in [0.1, 0.15) is 11.5 Å². The molecule has 2 aromatic heterocycles. The summed E-state index contributed by atoms with van der Waals surface area (Å²) < 4.78 is 6.60. The maximum Gasteiger partial charge on any atom is 0.340 e. The second kappa shape index (κ2) is 6.08. The van der Waals surface area contributed by atoms with E-state index in [1.165, 1.54) is 18.2 Å². The van der Waals surface area contributed by atoms with Gasteiger partial charge in [-0.25, -0.2) is 4.79 Å². The third-order valence-electron chi connectivity index (χ3n) is 3.63. The Kier molecular flexibility index (Phi) is 3.95. The van der Waals surface area contributed by atoms with E-state index in [0.29, 0.717) is 5.52 Å². The largest absolute Gasteiger partial charge is 0.508 e. The molecule has 0 fully saturated rings. The van der Waals surface area contributed by atoms with Gasteiger partial charge >= 0.3 is 5.97 Å². The van der Waals surface area contributed by atoms with Crippen molar-refractivity contribution in [3.63, 3.8) is 0 Å². The molecule has 0 saturated carbocycles. The SMILES string of the molecule is CCOC(=O)c1cc(C(=O)c2ccc(O)cc2O)n2ccccc12. The monoisotopic (exact) mass is 325 g/mol. The van der Waals surface area contributed by atoms with E-state index in [-0.39, 0.29) is 34.9 Å². The molecule has 122 valence electrons. The lowest BCUT2D eigenvalue weighted by Crippen LogP contribution is -2.05. The first-order valence-electron chi connectivity index (χ1n) is 7.36. The molecule has 0 aliphatic rings. The number of rotatable bonds is 4. The minimum Gasteiger partial charge on any atom is -0.508 e. The second-order valence-electron chi connectivity index (χ2n) is 5.15. The molecule has 0 spiro atoms. The summed E-state index contributed by atoms with van der Waals surface area (Å²) in [5.41, 5.74) is 1.07. The van der Waals surface area contributed by atoms with Gasteiger partial charge in [0.2, 0.25) is 5.78 Å². The molecule has 3 aromatic rings. The number of carbonyl (C=O) groups is 2. The van der Waals surface area contributed by atoms with Crippen LogP contribution in [-0.4, -0.2) is 33.0 Å². The third-order valence-corrected chi connectivity index (χ3v) is 3.63. The van der Waals surface area contributed by atoms with Crippen LogP contribution < -0.4 is 0 Å². The smallest absolute Gasteiger partial charge is 0.340 e. The number of pyridine rings is 1. The molecule has 0 saturated heterocycles. The first-order valence-corrected chi connectivity index (χ1v) is 7.36. The number of ketones is 1. The van der Waals surface area contributed by atoms with Crippen molar-refractivity contribution in [2.75, 3.05) is 6.61 Å². The summed E-state index contributed by atoms with van der Waals surface area (Å²) in [6.07, 6.45) is 1.66. The van der Waals surface area contributed by atoms with Crippen molar-refractivity contribution in [1.82, 2.24) is 4.40 Å². The van der Waals surface area contributed by atoms with E-state index in [1.54, 1.807) is 35.7 Å². The molecule has 0 bridgehead atoms. The second-order valence-corrected chi connectivity index (χ2v) is 5.15. The molecule has 24 heavy (non-hydrogen) atoms. The lowest BCUT2D eigenvalue weighted by molar-refractivity contribution is 0.0529. The Hall–Kier alpha value is -3.28. The van der Waals surface area contributed by atoms with Crippen molar-refractivity contribution in [2.24, 2.45) is 0 Å². The van der Waals surface area contributed by atoms with Gasteiger partial charge in [-0.15, -0.1) is 0 Å². The molecule has 0 amide bonds. The Bertz CT molecular complexity index is 942. The van der Waals surface area contributed by atoms with Crippen LogP contribution in [0.3, 0.4) is 0 Å². The van der Waals surface area contributed by atoms with Gasteiger partial charge in [0, 0.05) is 12.3 Å². The summed E-state index contributed by atoms with van der Waals surface area (Å²) in [5.74, 6) is -1.46. The molecular weight excluding hydrogens is 310 g/mol. The lowest BCUT2D eigenvalue weighted by atomic mass is 10.1. The number of aromatic hydroxyl groups is 2. The number of nitrogens with zero attached hydrogens (tertiary/aromatic N) is 1. The van der Waals surface area contributed by atoms with Crippen LogP contribution in [0.1, 0.15) is 33.3 Å². The summed E-state index contributed by atoms with van der Waals surface area (Å²) >= 11 is 0. The van der Waals surface area contributed by atoms with Crippen molar-refractivity contribution in [1.29, 1.82) is 0 Å². The molecule has 1 aromatic carbocycles. The van der Waals surface area contributed by atoms with E-state index in [9.17, 15) is 19.8 Å². The van der Waals surface area contributed by atoms with E-state index in [4.69, 9.17) is 4.74 Å². The van der Waals surface area contributed by atoms with Crippen LogP contribution in [0.4, 0.5) is 0 Å². The Morgan fingerprint density at radius 1 is 1.08 bits per heavy atom. The van der Waals surface area contributed by atoms with E-state index in [1.807, 2.05) is 0 Å². The Balaban J connectivity index is 2.16. The zero-order chi connectivity index (χ0) is 17.3. The zero-order valence-corrected chi connectivity index (χ0v) is 12.9. The van der Waals surface area contributed by atoms with E-state index in [0.717, 1.165) is 6.07 Å². The third kappa shape index (κ3) is 2.58. The lowest BCUT2D eigenvalue weighted by Gasteiger charge is -2.05. The highest BCUT2D eigenvalue weighted by molar-refractivity contribution is 6.12. The van der Waals surface area contributed by atoms with E-state index in [2.05, 4.69) is 0 Å². The van der Waals surface area contributed by atoms with Gasteiger partial charge in [-0.1, -0.05) is 6.07 Å². The number of fused-ring (bicyclic) bond motifs is 1. The number of ether oxygens (including phenoxy) is 1. The van der Waals surface area contributed by atoms with Crippen LogP contribution in [0, 0.1) is 0 Å². The van der Waals surface area contributed by atoms with Gasteiger partial charge in [0.15, 0.2) is 0 Å². The number of hydrogen-bond donors (Lipinski definition) is 2. The summed E-state index contributed by atoms with van der Waals surface area (Å²) in [6, 6.07) is 10.4. The molecule has 2 N–H and O–H groups in total. The van der Waals surface area contributed by atoms with Crippen LogP contribution in [0.15, 0.2) is 48.7 Å². The van der Waals surface area contributed by atoms with Crippen molar-refractivity contribution in [2.45, 2.75) is 6.92 Å². The van der Waals surface area contributed by atoms with Crippen LogP contribution >= 0.6 is 0 Å². The van der Waals surface area contributed by atoms with Crippen molar-refractivity contribution in [3.05, 3.63) is 65.5 Å². The van der Waals surface area contributed by atoms with Crippen LogP contribution in [0.25, 0.3) is 5.52 Å². The van der Waals surface area contributed by atoms with Gasteiger partial charge in [-0.2, -0.15) is 0 Å². The van der Waals surface area contributed by atoms with Gasteiger partial charge in [-0.3, -0.25) is 4.79 Å². The topological polar surface area (TPSA) is 88.2 Å². The minimum absolute atomic E-state index is 0.0338. The highest BCUT2D eigenvalue weighted by atomic mass is 16.5. The Morgan fingerprint density at radius 2 is 1.88 bits per heavy atom. The molecule has 0 unspecified atom stereocenters. The standard InChI is InChI=1S/C18H15NO5/c1-2-24-18(23)13-10-15(19-8-4-3-5-14(13)19)17(22)12-7-6-11(20)9-16(12)21/h3-10,20-21H,2H2,1H3. The molecule has 6 heteroatoms. The zero-order valence-electron chi connectivity index (χ0n) is 12.9. The number of benzene rings is 1. The quantitative estimate of drug-likeness (QED) is 0.569. The highest BCUT2D eigenvalue weighted by Crippen LogP contribution is 2.27. The molecule has 0 aliphatic heterocycles. The number of phenols is 2. The first-order chi connectivity index (χ1) is 11.5. The molecule has 2 heterocycles. The Morgan fingerprint density at radius 3 is 2.58 bits per heavy atom. The number of phenolic OH excluding ortho intramolecular Hbond substituents is 2. The van der Waals surface area contributed by atoms with E-state index >= 15 is 0 Å². The molecule has 0 aliphatic carbocycles. The number of hydrogen-bond acceptors (Lipinski definition) is 5. The molecule has 3 rings (SSSR count). The number of esters is 1. The predicted molar refractivity (Wildman–Crippen MR) is 86.6 cm³/mol. The summed E-state index contributed by atoms with van der Waals surface area (Å²) in [5, 5.41) is 19.3. The van der Waals surface area contributed by atoms with Gasteiger partial charge in [0.05, 0.1) is 28.9 Å². The number of carbonyl (C=O) groups excluding carboxylic acids is 2. The predicted octanol–water partition coefficient (Wildman–Crippen LogP) is 2.76. The average molecular weight is 325 g/mol. The summed E-state index contributed by atoms with van der Waals surface area (Å²) in [6.45, 7) is 1.93. The molecule has 0 radical (unpaired) electrons.